The van der Waals surface area contributed by atoms with Crippen LogP contribution in [0.3, 0.4) is 0 Å². The van der Waals surface area contributed by atoms with Crippen molar-refractivity contribution in [1.82, 2.24) is 29.6 Å². The minimum absolute atomic E-state index is 0.0927. The number of fused-ring (bicyclic) bond motifs is 1. The first kappa shape index (κ1) is 43.4. The summed E-state index contributed by atoms with van der Waals surface area (Å²) in [6.07, 6.45) is 5.55. The van der Waals surface area contributed by atoms with Crippen molar-refractivity contribution >= 4 is 52.1 Å². The zero-order valence-electron chi connectivity index (χ0n) is 33.2. The van der Waals surface area contributed by atoms with Gasteiger partial charge >= 0.3 is 0 Å². The molecule has 1 atom stereocenters. The number of likely N-dealkylation sites (tertiary alicyclic amines) is 1. The summed E-state index contributed by atoms with van der Waals surface area (Å²) in [5.74, 6) is 0.756. The standard InChI is InChI=1S/C34H48N6O4.C10H8ClNO/c1-35-14-6-9-28(23-27-7-4-3-5-8-27)32(41)39-15-12-34(43,13-16-39)25-40-26-36-31-24-29(10-11-30(31)33(40)42)44-22-21-38-19-17-37(2)18-20-38;1-7(11)9-4-3-8(6-13)5-10(9)12-2/h3-5,7-8,10-11,24,26,28,35,43H,6,9,12-23,25H2,1-2H3;3-6H,1-2H2. The van der Waals surface area contributed by atoms with Crippen LogP contribution >= 0.6 is 11.6 Å². The molecule has 2 aliphatic rings. The molecule has 0 radical (unpaired) electrons. The molecular weight excluding hydrogens is 742 g/mol. The number of carbonyl (C=O) groups is 2. The van der Waals surface area contributed by atoms with Gasteiger partial charge in [0.1, 0.15) is 18.6 Å². The van der Waals surface area contributed by atoms with Crippen molar-refractivity contribution in [3.05, 3.63) is 107 Å². The highest BCUT2D eigenvalue weighted by Gasteiger charge is 2.36. The van der Waals surface area contributed by atoms with Crippen LogP contribution in [0.1, 0.15) is 47.2 Å². The van der Waals surface area contributed by atoms with E-state index in [-0.39, 0.29) is 23.9 Å². The number of piperidine rings is 1. The minimum Gasteiger partial charge on any atom is -0.492 e. The van der Waals surface area contributed by atoms with Gasteiger partial charge in [0.05, 0.1) is 35.1 Å². The molecule has 0 spiro atoms. The predicted octanol–water partition coefficient (Wildman–Crippen LogP) is 5.28. The lowest BCUT2D eigenvalue weighted by Gasteiger charge is -2.39. The second kappa shape index (κ2) is 21.2. The monoisotopic (exact) mass is 797 g/mol. The quantitative estimate of drug-likeness (QED) is 0.0884. The fourth-order valence-corrected chi connectivity index (χ4v) is 7.46. The molecule has 1 aromatic heterocycles. The molecule has 6 rings (SSSR count). The molecule has 3 aromatic carbocycles. The highest BCUT2D eigenvalue weighted by atomic mass is 35.5. The number of aliphatic hydroxyl groups is 1. The number of hydrogen-bond donors (Lipinski definition) is 2. The number of nitrogens with one attached hydrogen (secondary N) is 1. The molecule has 12 nitrogen and oxygen atoms in total. The number of rotatable bonds is 16. The zero-order chi connectivity index (χ0) is 40.8. The van der Waals surface area contributed by atoms with Crippen molar-refractivity contribution in [2.24, 2.45) is 10.9 Å². The molecule has 3 heterocycles. The van der Waals surface area contributed by atoms with Gasteiger partial charge in [0.25, 0.3) is 5.56 Å². The largest absolute Gasteiger partial charge is 0.492 e. The van der Waals surface area contributed by atoms with E-state index in [0.717, 1.165) is 64.0 Å². The van der Waals surface area contributed by atoms with Crippen LogP contribution in [0.25, 0.3) is 15.9 Å². The van der Waals surface area contributed by atoms with Crippen molar-refractivity contribution < 1.29 is 19.4 Å². The van der Waals surface area contributed by atoms with Crippen LogP contribution in [0, 0.1) is 5.92 Å². The summed E-state index contributed by atoms with van der Waals surface area (Å²) in [4.78, 5) is 52.3. The maximum atomic E-state index is 13.6. The third-order valence-corrected chi connectivity index (χ3v) is 11.0. The number of aliphatic imine (C=N–C) groups is 1. The molecule has 0 saturated carbocycles. The van der Waals surface area contributed by atoms with Crippen molar-refractivity contribution in [3.8, 4) is 5.75 Å². The first-order valence-corrected chi connectivity index (χ1v) is 20.0. The van der Waals surface area contributed by atoms with E-state index in [2.05, 4.69) is 57.6 Å². The Morgan fingerprint density at radius 1 is 1.07 bits per heavy atom. The van der Waals surface area contributed by atoms with Crippen LogP contribution < -0.4 is 15.6 Å². The Bertz CT molecular complexity index is 2020. The van der Waals surface area contributed by atoms with Crippen molar-refractivity contribution in [2.45, 2.75) is 44.2 Å². The van der Waals surface area contributed by atoms with Gasteiger partial charge in [-0.15, -0.1) is 0 Å². The Labute approximate surface area is 340 Å². The van der Waals surface area contributed by atoms with Crippen LogP contribution in [0.5, 0.6) is 5.75 Å². The molecule has 2 fully saturated rings. The molecular formula is C44H56ClN7O5. The summed E-state index contributed by atoms with van der Waals surface area (Å²) in [7, 11) is 4.07. The maximum absolute atomic E-state index is 13.6. The molecule has 0 aliphatic carbocycles. The summed E-state index contributed by atoms with van der Waals surface area (Å²) in [5.41, 5.74) is 2.30. The van der Waals surface area contributed by atoms with E-state index in [1.165, 1.54) is 10.9 Å². The van der Waals surface area contributed by atoms with Gasteiger partial charge < -0.3 is 25.0 Å². The summed E-state index contributed by atoms with van der Waals surface area (Å²) < 4.78 is 7.48. The number of amides is 1. The number of piperazine rings is 1. The van der Waals surface area contributed by atoms with Crippen LogP contribution in [-0.4, -0.2) is 127 Å². The highest BCUT2D eigenvalue weighted by molar-refractivity contribution is 6.48. The van der Waals surface area contributed by atoms with Gasteiger partial charge in [-0.05, 0) is 83.2 Å². The van der Waals surface area contributed by atoms with Crippen LogP contribution in [-0.2, 0) is 17.8 Å². The molecule has 2 N–H and O–H groups in total. The first-order valence-electron chi connectivity index (χ1n) is 19.7. The zero-order valence-corrected chi connectivity index (χ0v) is 34.0. The normalized spacial score (nSPS) is 16.3. The average Bonchev–Trinajstić information content (AvgIpc) is 3.22. The molecule has 57 heavy (non-hydrogen) atoms. The number of halogens is 1. The molecule has 304 valence electrons. The predicted molar refractivity (Wildman–Crippen MR) is 229 cm³/mol. The van der Waals surface area contributed by atoms with Gasteiger partial charge in [0.15, 0.2) is 0 Å². The molecule has 1 amide bonds. The topological polar surface area (TPSA) is 133 Å². The van der Waals surface area contributed by atoms with Gasteiger partial charge in [-0.2, -0.15) is 0 Å². The number of hydrogen-bond acceptors (Lipinski definition) is 10. The van der Waals surface area contributed by atoms with Gasteiger partial charge in [-0.3, -0.25) is 28.8 Å². The van der Waals surface area contributed by atoms with Gasteiger partial charge in [0.2, 0.25) is 5.91 Å². The van der Waals surface area contributed by atoms with Crippen LogP contribution in [0.2, 0.25) is 0 Å². The highest BCUT2D eigenvalue weighted by Crippen LogP contribution is 2.29. The number of likely N-dealkylation sites (N-methyl/N-ethyl adjacent to an activating group) is 1. The van der Waals surface area contributed by atoms with Gasteiger partial charge in [0, 0.05) is 74.0 Å². The van der Waals surface area contributed by atoms with Crippen LogP contribution in [0.15, 0.2) is 89.4 Å². The number of carbonyl (C=O) groups excluding carboxylic acids is 2. The Hall–Kier alpha value is -4.72. The van der Waals surface area contributed by atoms with E-state index in [0.29, 0.717) is 77.5 Å². The Balaban J connectivity index is 0.000000405. The van der Waals surface area contributed by atoms with E-state index in [1.54, 1.807) is 24.3 Å². The second-order valence-corrected chi connectivity index (χ2v) is 15.4. The van der Waals surface area contributed by atoms with Crippen molar-refractivity contribution in [2.75, 3.05) is 73.1 Å². The van der Waals surface area contributed by atoms with E-state index in [4.69, 9.17) is 16.3 Å². The fraction of sp³-hybridized carbons (Fsp3) is 0.432. The Kier molecular flexibility index (Phi) is 16.1. The summed E-state index contributed by atoms with van der Waals surface area (Å²) in [6, 6.07) is 20.5. The lowest BCUT2D eigenvalue weighted by Crippen LogP contribution is -2.51. The van der Waals surface area contributed by atoms with E-state index >= 15 is 0 Å². The fourth-order valence-electron chi connectivity index (χ4n) is 7.30. The smallest absolute Gasteiger partial charge is 0.261 e. The molecule has 0 bridgehead atoms. The van der Waals surface area contributed by atoms with Gasteiger partial charge in [-0.1, -0.05) is 60.6 Å². The molecule has 2 saturated heterocycles. The van der Waals surface area contributed by atoms with Crippen LogP contribution in [0.4, 0.5) is 5.69 Å². The first-order chi connectivity index (χ1) is 27.5. The lowest BCUT2D eigenvalue weighted by molar-refractivity contribution is -0.140. The van der Waals surface area contributed by atoms with E-state index in [1.807, 2.05) is 42.3 Å². The van der Waals surface area contributed by atoms with Gasteiger partial charge in [-0.25, -0.2) is 4.98 Å². The maximum Gasteiger partial charge on any atom is 0.261 e. The number of aromatic nitrogens is 2. The average molecular weight is 798 g/mol. The summed E-state index contributed by atoms with van der Waals surface area (Å²) in [5, 5.41) is 15.5. The number of aldehydes is 1. The third-order valence-electron chi connectivity index (χ3n) is 10.8. The summed E-state index contributed by atoms with van der Waals surface area (Å²) in [6.45, 7) is 14.6. The Morgan fingerprint density at radius 2 is 1.81 bits per heavy atom. The van der Waals surface area contributed by atoms with Crippen molar-refractivity contribution in [1.29, 1.82) is 0 Å². The second-order valence-electron chi connectivity index (χ2n) is 15.0. The molecule has 13 heteroatoms. The van der Waals surface area contributed by atoms with E-state index < -0.39 is 5.60 Å². The third kappa shape index (κ3) is 12.4. The molecule has 2 aliphatic heterocycles. The number of ether oxygens (including phenoxy) is 1. The number of benzene rings is 3. The molecule has 1 unspecified atom stereocenters. The summed E-state index contributed by atoms with van der Waals surface area (Å²) >= 11 is 5.71. The van der Waals surface area contributed by atoms with Crippen molar-refractivity contribution in [3.63, 3.8) is 0 Å². The SMILES string of the molecule is C=Nc1cc(C=O)ccc1C(=C)Cl.CNCCCC(Cc1ccccc1)C(=O)N1CCC(O)(Cn2cnc3cc(OCCN4CCN(C)CC4)ccc3c2=O)CC1. The lowest BCUT2D eigenvalue weighted by atomic mass is 9.88. The Morgan fingerprint density at radius 3 is 2.47 bits per heavy atom. The molecule has 4 aromatic rings. The van der Waals surface area contributed by atoms with E-state index in [9.17, 15) is 19.5 Å². The number of nitrogens with zero attached hydrogens (tertiary/aromatic N) is 6. The minimum atomic E-state index is -1.08.